The van der Waals surface area contributed by atoms with Crippen molar-refractivity contribution >= 4 is 0 Å². The summed E-state index contributed by atoms with van der Waals surface area (Å²) in [7, 11) is 0. The van der Waals surface area contributed by atoms with Gasteiger partial charge >= 0.3 is 0 Å². The predicted octanol–water partition coefficient (Wildman–Crippen LogP) is 2.85. The van der Waals surface area contributed by atoms with Crippen LogP contribution in [-0.4, -0.2) is 29.7 Å². The van der Waals surface area contributed by atoms with Crippen LogP contribution in [0.3, 0.4) is 0 Å². The van der Waals surface area contributed by atoms with Crippen LogP contribution in [0, 0.1) is 5.92 Å². The third-order valence-electron chi connectivity index (χ3n) is 3.38. The molecule has 0 saturated carbocycles. The van der Waals surface area contributed by atoms with E-state index in [1.165, 1.54) is 0 Å². The minimum Gasteiger partial charge on any atom is -0.300 e. The Morgan fingerprint density at radius 3 is 2.00 bits per heavy atom. The first-order chi connectivity index (χ1) is 5.92. The maximum absolute atomic E-state index is 13.5. The Balaban J connectivity index is 2.41. The van der Waals surface area contributed by atoms with Crippen molar-refractivity contribution in [2.75, 3.05) is 13.1 Å². The molecule has 1 saturated heterocycles. The second kappa shape index (κ2) is 3.95. The standard InChI is InChI=1S/C11H22FN/c1-9(2)10(3)13-7-5-11(4,12)6-8-13/h9-10H,5-8H2,1-4H3. The lowest BCUT2D eigenvalue weighted by molar-refractivity contribution is 0.0440. The van der Waals surface area contributed by atoms with Gasteiger partial charge in [-0.3, -0.25) is 0 Å². The third-order valence-corrected chi connectivity index (χ3v) is 3.38. The molecule has 0 aromatic carbocycles. The highest BCUT2D eigenvalue weighted by Gasteiger charge is 2.31. The number of rotatable bonds is 2. The molecule has 1 nitrogen and oxygen atoms in total. The summed E-state index contributed by atoms with van der Waals surface area (Å²) in [5.41, 5.74) is -0.910. The first kappa shape index (κ1) is 11.0. The van der Waals surface area contributed by atoms with Crippen LogP contribution in [0.2, 0.25) is 0 Å². The van der Waals surface area contributed by atoms with Gasteiger partial charge in [0.1, 0.15) is 5.67 Å². The smallest absolute Gasteiger partial charge is 0.110 e. The van der Waals surface area contributed by atoms with Crippen LogP contribution in [0.15, 0.2) is 0 Å². The summed E-state index contributed by atoms with van der Waals surface area (Å²) in [5.74, 6) is 0.670. The van der Waals surface area contributed by atoms with Gasteiger partial charge in [-0.05, 0) is 32.6 Å². The first-order valence-corrected chi connectivity index (χ1v) is 5.35. The van der Waals surface area contributed by atoms with E-state index >= 15 is 0 Å². The van der Waals surface area contributed by atoms with Gasteiger partial charge in [0.15, 0.2) is 0 Å². The molecule has 2 heteroatoms. The van der Waals surface area contributed by atoms with Gasteiger partial charge in [0.05, 0.1) is 0 Å². The molecule has 13 heavy (non-hydrogen) atoms. The minimum atomic E-state index is -0.910. The highest BCUT2D eigenvalue weighted by atomic mass is 19.1. The molecule has 1 aliphatic rings. The fourth-order valence-corrected chi connectivity index (χ4v) is 1.82. The van der Waals surface area contributed by atoms with Gasteiger partial charge in [-0.15, -0.1) is 0 Å². The molecule has 1 fully saturated rings. The fraction of sp³-hybridized carbons (Fsp3) is 1.00. The molecule has 1 rings (SSSR count). The summed E-state index contributed by atoms with van der Waals surface area (Å²) in [5, 5.41) is 0. The van der Waals surface area contributed by atoms with Crippen LogP contribution in [0.5, 0.6) is 0 Å². The maximum Gasteiger partial charge on any atom is 0.110 e. The second-order valence-electron chi connectivity index (χ2n) is 4.93. The Labute approximate surface area is 81.3 Å². The van der Waals surface area contributed by atoms with E-state index in [9.17, 15) is 4.39 Å². The molecule has 0 spiro atoms. The zero-order valence-electron chi connectivity index (χ0n) is 9.31. The van der Waals surface area contributed by atoms with Gasteiger partial charge < -0.3 is 4.90 Å². The van der Waals surface area contributed by atoms with Gasteiger partial charge in [-0.2, -0.15) is 0 Å². The fourth-order valence-electron chi connectivity index (χ4n) is 1.82. The first-order valence-electron chi connectivity index (χ1n) is 5.35. The Hall–Kier alpha value is -0.110. The third kappa shape index (κ3) is 2.94. The number of halogens is 1. The normalized spacial score (nSPS) is 26.3. The van der Waals surface area contributed by atoms with E-state index < -0.39 is 5.67 Å². The molecule has 1 unspecified atom stereocenters. The zero-order chi connectivity index (χ0) is 10.1. The molecule has 0 bridgehead atoms. The summed E-state index contributed by atoms with van der Waals surface area (Å²) in [6.07, 6.45) is 1.40. The molecule has 0 aliphatic carbocycles. The number of nitrogens with zero attached hydrogens (tertiary/aromatic N) is 1. The minimum absolute atomic E-state index is 0.594. The van der Waals surface area contributed by atoms with Crippen molar-refractivity contribution in [1.82, 2.24) is 4.90 Å². The number of hydrogen-bond acceptors (Lipinski definition) is 1. The summed E-state index contributed by atoms with van der Waals surface area (Å²) in [6.45, 7) is 10.3. The summed E-state index contributed by atoms with van der Waals surface area (Å²) >= 11 is 0. The van der Waals surface area contributed by atoms with Crippen LogP contribution in [-0.2, 0) is 0 Å². The predicted molar refractivity (Wildman–Crippen MR) is 54.6 cm³/mol. The van der Waals surface area contributed by atoms with Crippen molar-refractivity contribution < 1.29 is 4.39 Å². The van der Waals surface area contributed by atoms with Gasteiger partial charge in [0.25, 0.3) is 0 Å². The Morgan fingerprint density at radius 1 is 1.15 bits per heavy atom. The largest absolute Gasteiger partial charge is 0.300 e. The topological polar surface area (TPSA) is 3.24 Å². The second-order valence-corrected chi connectivity index (χ2v) is 4.93. The van der Waals surface area contributed by atoms with Crippen molar-refractivity contribution in [2.45, 2.75) is 52.2 Å². The van der Waals surface area contributed by atoms with E-state index in [0.717, 1.165) is 13.1 Å². The van der Waals surface area contributed by atoms with E-state index in [2.05, 4.69) is 25.7 Å². The number of piperidine rings is 1. The van der Waals surface area contributed by atoms with Gasteiger partial charge in [0.2, 0.25) is 0 Å². The average molecular weight is 187 g/mol. The molecule has 0 radical (unpaired) electrons. The highest BCUT2D eigenvalue weighted by molar-refractivity contribution is 4.84. The Morgan fingerprint density at radius 2 is 1.62 bits per heavy atom. The Bertz CT molecular complexity index is 155. The number of alkyl halides is 1. The number of hydrogen-bond donors (Lipinski definition) is 0. The van der Waals surface area contributed by atoms with E-state index in [1.54, 1.807) is 6.92 Å². The van der Waals surface area contributed by atoms with Crippen LogP contribution >= 0.6 is 0 Å². The SMILES string of the molecule is CC(C)C(C)N1CCC(C)(F)CC1. The van der Waals surface area contributed by atoms with Crippen molar-refractivity contribution in [3.63, 3.8) is 0 Å². The molecule has 1 atom stereocenters. The maximum atomic E-state index is 13.5. The van der Waals surface area contributed by atoms with E-state index in [1.807, 2.05) is 0 Å². The van der Waals surface area contributed by atoms with Gasteiger partial charge in [0, 0.05) is 19.1 Å². The number of likely N-dealkylation sites (tertiary alicyclic amines) is 1. The van der Waals surface area contributed by atoms with Crippen molar-refractivity contribution in [3.05, 3.63) is 0 Å². The van der Waals surface area contributed by atoms with Crippen molar-refractivity contribution in [3.8, 4) is 0 Å². The van der Waals surface area contributed by atoms with Crippen LogP contribution in [0.1, 0.15) is 40.5 Å². The van der Waals surface area contributed by atoms with Gasteiger partial charge in [-0.25, -0.2) is 4.39 Å². The molecule has 78 valence electrons. The molecule has 0 aromatic rings. The molecular formula is C11H22FN. The van der Waals surface area contributed by atoms with Gasteiger partial charge in [-0.1, -0.05) is 13.8 Å². The average Bonchev–Trinajstić information content (AvgIpc) is 2.03. The van der Waals surface area contributed by atoms with Crippen molar-refractivity contribution in [2.24, 2.45) is 5.92 Å². The lowest BCUT2D eigenvalue weighted by atomic mass is 9.93. The molecule has 1 aliphatic heterocycles. The monoisotopic (exact) mass is 187 g/mol. The summed E-state index contributed by atoms with van der Waals surface area (Å²) in [6, 6.07) is 0.594. The quantitative estimate of drug-likeness (QED) is 0.642. The zero-order valence-corrected chi connectivity index (χ0v) is 9.31. The lowest BCUT2D eigenvalue weighted by Gasteiger charge is -2.39. The van der Waals surface area contributed by atoms with E-state index in [-0.39, 0.29) is 0 Å². The summed E-state index contributed by atoms with van der Waals surface area (Å²) < 4.78 is 13.5. The van der Waals surface area contributed by atoms with E-state index in [0.29, 0.717) is 24.8 Å². The van der Waals surface area contributed by atoms with Crippen LogP contribution < -0.4 is 0 Å². The molecule has 0 aromatic heterocycles. The molecule has 0 N–H and O–H groups in total. The van der Waals surface area contributed by atoms with Crippen LogP contribution in [0.4, 0.5) is 4.39 Å². The molecule has 0 amide bonds. The Kier molecular flexibility index (Phi) is 3.33. The highest BCUT2D eigenvalue weighted by Crippen LogP contribution is 2.27. The molecule has 1 heterocycles. The van der Waals surface area contributed by atoms with Crippen LogP contribution in [0.25, 0.3) is 0 Å². The molecular weight excluding hydrogens is 165 g/mol. The summed E-state index contributed by atoms with van der Waals surface area (Å²) in [4.78, 5) is 2.41. The van der Waals surface area contributed by atoms with E-state index in [4.69, 9.17) is 0 Å². The lowest BCUT2D eigenvalue weighted by Crippen LogP contribution is -2.46. The van der Waals surface area contributed by atoms with Crippen molar-refractivity contribution in [1.29, 1.82) is 0 Å².